The smallest absolute Gasteiger partial charge is 0.331 e. The zero-order valence-electron chi connectivity index (χ0n) is 13.4. The van der Waals surface area contributed by atoms with Crippen LogP contribution in [0, 0.1) is 5.92 Å². The molecule has 22 heavy (non-hydrogen) atoms. The van der Waals surface area contributed by atoms with Crippen LogP contribution in [0.25, 0.3) is 0 Å². The van der Waals surface area contributed by atoms with E-state index in [0.717, 1.165) is 0 Å². The second-order valence-corrected chi connectivity index (χ2v) is 6.51. The monoisotopic (exact) mass is 345 g/mol. The van der Waals surface area contributed by atoms with E-state index in [2.05, 4.69) is 5.32 Å². The van der Waals surface area contributed by atoms with Crippen LogP contribution in [0.5, 0.6) is 0 Å². The highest BCUT2D eigenvalue weighted by atomic mass is 35.5. The summed E-state index contributed by atoms with van der Waals surface area (Å²) in [4.78, 5) is 24.6. The number of rotatable bonds is 5. The summed E-state index contributed by atoms with van der Waals surface area (Å²) in [6.07, 6.45) is 0. The lowest BCUT2D eigenvalue weighted by molar-refractivity contribution is -0.152. The van der Waals surface area contributed by atoms with Crippen LogP contribution in [-0.2, 0) is 14.3 Å². The van der Waals surface area contributed by atoms with Crippen LogP contribution in [0.15, 0.2) is 18.2 Å². The van der Waals surface area contributed by atoms with Crippen molar-refractivity contribution in [1.82, 2.24) is 5.32 Å². The molecule has 0 aromatic heterocycles. The number of hydrogen-bond donors (Lipinski definition) is 1. The van der Waals surface area contributed by atoms with Gasteiger partial charge in [0.05, 0.1) is 13.0 Å². The third kappa shape index (κ3) is 3.73. The van der Waals surface area contributed by atoms with Crippen LogP contribution in [0.3, 0.4) is 0 Å². The average molecular weight is 346 g/mol. The fourth-order valence-corrected chi connectivity index (χ4v) is 2.79. The van der Waals surface area contributed by atoms with E-state index in [4.69, 9.17) is 27.9 Å². The molecule has 2 unspecified atom stereocenters. The van der Waals surface area contributed by atoms with Gasteiger partial charge in [-0.3, -0.25) is 4.79 Å². The predicted molar refractivity (Wildman–Crippen MR) is 88.3 cm³/mol. The van der Waals surface area contributed by atoms with Crippen LogP contribution in [-0.4, -0.2) is 24.5 Å². The number of hydrogen-bond acceptors (Lipinski definition) is 3. The van der Waals surface area contributed by atoms with Gasteiger partial charge >= 0.3 is 5.97 Å². The average Bonchev–Trinajstić information content (AvgIpc) is 2.45. The third-order valence-electron chi connectivity index (χ3n) is 3.97. The maximum atomic E-state index is 12.6. The molecule has 0 aliphatic carbocycles. The Hall–Kier alpha value is -1.26. The van der Waals surface area contributed by atoms with E-state index < -0.39 is 17.4 Å². The van der Waals surface area contributed by atoms with Crippen LogP contribution in [0.4, 0.5) is 0 Å². The molecule has 1 aromatic rings. The van der Waals surface area contributed by atoms with E-state index in [-0.39, 0.29) is 11.8 Å². The van der Waals surface area contributed by atoms with Crippen LogP contribution < -0.4 is 5.32 Å². The van der Waals surface area contributed by atoms with E-state index in [1.54, 1.807) is 32.0 Å². The van der Waals surface area contributed by atoms with Gasteiger partial charge in [0.15, 0.2) is 0 Å². The minimum Gasteiger partial charge on any atom is -0.467 e. The second-order valence-electron chi connectivity index (χ2n) is 5.69. The van der Waals surface area contributed by atoms with Gasteiger partial charge in [-0.2, -0.15) is 0 Å². The van der Waals surface area contributed by atoms with E-state index in [0.29, 0.717) is 15.6 Å². The van der Waals surface area contributed by atoms with Gasteiger partial charge < -0.3 is 10.1 Å². The highest BCUT2D eigenvalue weighted by Crippen LogP contribution is 2.32. The first-order chi connectivity index (χ1) is 10.1. The lowest BCUT2D eigenvalue weighted by atomic mass is 9.87. The number of carbonyl (C=O) groups is 2. The molecule has 122 valence electrons. The molecular weight excluding hydrogens is 325 g/mol. The Morgan fingerprint density at radius 1 is 1.18 bits per heavy atom. The van der Waals surface area contributed by atoms with Gasteiger partial charge in [0.1, 0.15) is 5.54 Å². The molecule has 0 spiro atoms. The molecule has 6 heteroatoms. The van der Waals surface area contributed by atoms with E-state index >= 15 is 0 Å². The summed E-state index contributed by atoms with van der Waals surface area (Å²) < 4.78 is 4.80. The fourth-order valence-electron chi connectivity index (χ4n) is 2.06. The molecule has 1 aromatic carbocycles. The van der Waals surface area contributed by atoms with Crippen molar-refractivity contribution in [3.8, 4) is 0 Å². The number of ether oxygens (including phenoxy) is 1. The fraction of sp³-hybridized carbons (Fsp3) is 0.500. The zero-order chi connectivity index (χ0) is 17.1. The predicted octanol–water partition coefficient (Wildman–Crippen LogP) is 3.80. The topological polar surface area (TPSA) is 55.4 Å². The Kier molecular flexibility index (Phi) is 6.27. The molecule has 0 saturated carbocycles. The number of halogens is 2. The van der Waals surface area contributed by atoms with Crippen LogP contribution in [0.2, 0.25) is 10.0 Å². The van der Waals surface area contributed by atoms with Crippen molar-refractivity contribution in [2.75, 3.05) is 7.11 Å². The largest absolute Gasteiger partial charge is 0.467 e. The summed E-state index contributed by atoms with van der Waals surface area (Å²) in [6.45, 7) is 7.01. The molecule has 0 heterocycles. The first kappa shape index (κ1) is 18.8. The van der Waals surface area contributed by atoms with Crippen molar-refractivity contribution in [3.63, 3.8) is 0 Å². The summed E-state index contributed by atoms with van der Waals surface area (Å²) >= 11 is 12.3. The normalized spacial score (nSPS) is 15.1. The lowest BCUT2D eigenvalue weighted by Crippen LogP contribution is -2.57. The maximum Gasteiger partial charge on any atom is 0.331 e. The summed E-state index contributed by atoms with van der Waals surface area (Å²) in [5.74, 6) is -1.56. The highest BCUT2D eigenvalue weighted by Gasteiger charge is 2.40. The number of carbonyl (C=O) groups excluding carboxylic acids is 2. The molecule has 0 aliphatic heterocycles. The van der Waals surface area contributed by atoms with Crippen LogP contribution in [0.1, 0.15) is 39.2 Å². The number of amides is 1. The van der Waals surface area contributed by atoms with Crippen molar-refractivity contribution in [2.45, 2.75) is 39.2 Å². The molecule has 0 aliphatic rings. The standard InChI is InChI=1S/C16H21Cl2NO3/c1-9(2)16(4,15(21)22-5)19-14(20)10(3)13-11(17)7-6-8-12(13)18/h6-10H,1-5H3,(H,19,20). The van der Waals surface area contributed by atoms with Crippen molar-refractivity contribution in [2.24, 2.45) is 5.92 Å². The van der Waals surface area contributed by atoms with Crippen molar-refractivity contribution in [3.05, 3.63) is 33.8 Å². The van der Waals surface area contributed by atoms with E-state index in [1.807, 2.05) is 13.8 Å². The Morgan fingerprint density at radius 3 is 2.09 bits per heavy atom. The minimum atomic E-state index is -1.12. The second kappa shape index (κ2) is 7.34. The van der Waals surface area contributed by atoms with Gasteiger partial charge in [-0.1, -0.05) is 43.1 Å². The molecule has 2 atom stereocenters. The molecule has 1 rings (SSSR count). The molecule has 0 saturated heterocycles. The maximum absolute atomic E-state index is 12.6. The number of esters is 1. The molecular formula is C16H21Cl2NO3. The van der Waals surface area contributed by atoms with Gasteiger partial charge in [-0.05, 0) is 31.9 Å². The Morgan fingerprint density at radius 2 is 1.68 bits per heavy atom. The first-order valence-electron chi connectivity index (χ1n) is 6.99. The Labute approximate surface area is 141 Å². The van der Waals surface area contributed by atoms with Gasteiger partial charge in [-0.25, -0.2) is 4.79 Å². The molecule has 0 fully saturated rings. The number of benzene rings is 1. The number of nitrogens with one attached hydrogen (secondary N) is 1. The molecule has 1 amide bonds. The van der Waals surface area contributed by atoms with Crippen LogP contribution >= 0.6 is 23.2 Å². The summed E-state index contributed by atoms with van der Waals surface area (Å²) in [6, 6.07) is 5.06. The quantitative estimate of drug-likeness (QED) is 0.825. The van der Waals surface area contributed by atoms with Crippen molar-refractivity contribution >= 4 is 35.1 Å². The zero-order valence-corrected chi connectivity index (χ0v) is 14.9. The number of methoxy groups -OCH3 is 1. The Bertz CT molecular complexity index is 554. The first-order valence-corrected chi connectivity index (χ1v) is 7.75. The van der Waals surface area contributed by atoms with E-state index in [9.17, 15) is 9.59 Å². The van der Waals surface area contributed by atoms with Crippen molar-refractivity contribution in [1.29, 1.82) is 0 Å². The van der Waals surface area contributed by atoms with E-state index in [1.165, 1.54) is 7.11 Å². The molecule has 0 bridgehead atoms. The summed E-state index contributed by atoms with van der Waals surface area (Å²) in [5, 5.41) is 3.60. The molecule has 1 N–H and O–H groups in total. The van der Waals surface area contributed by atoms with Gasteiger partial charge in [-0.15, -0.1) is 0 Å². The van der Waals surface area contributed by atoms with Crippen molar-refractivity contribution < 1.29 is 14.3 Å². The highest BCUT2D eigenvalue weighted by molar-refractivity contribution is 6.36. The van der Waals surface area contributed by atoms with Gasteiger partial charge in [0.25, 0.3) is 0 Å². The molecule has 0 radical (unpaired) electrons. The summed E-state index contributed by atoms with van der Waals surface area (Å²) in [7, 11) is 1.30. The van der Waals surface area contributed by atoms with Gasteiger partial charge in [0, 0.05) is 15.6 Å². The SMILES string of the molecule is COC(=O)C(C)(NC(=O)C(C)c1c(Cl)cccc1Cl)C(C)C. The van der Waals surface area contributed by atoms with Gasteiger partial charge in [0.2, 0.25) is 5.91 Å². The third-order valence-corrected chi connectivity index (χ3v) is 4.63. The molecule has 4 nitrogen and oxygen atoms in total. The summed E-state index contributed by atoms with van der Waals surface area (Å²) in [5.41, 5.74) is -0.576. The minimum absolute atomic E-state index is 0.141. The lowest BCUT2D eigenvalue weighted by Gasteiger charge is -2.33. The Balaban J connectivity index is 3.08.